The van der Waals surface area contributed by atoms with E-state index in [1.807, 2.05) is 0 Å². The molecule has 1 unspecified atom stereocenters. The Morgan fingerprint density at radius 1 is 1.28 bits per heavy atom. The fourth-order valence-electron chi connectivity index (χ4n) is 3.17. The van der Waals surface area contributed by atoms with Gasteiger partial charge in [-0.2, -0.15) is 0 Å². The summed E-state index contributed by atoms with van der Waals surface area (Å²) in [7, 11) is 0. The third kappa shape index (κ3) is 3.84. The highest BCUT2D eigenvalue weighted by molar-refractivity contribution is 5.25. The smallest absolute Gasteiger partial charge is 0.00722 e. The quantitative estimate of drug-likeness (QED) is 0.842. The van der Waals surface area contributed by atoms with Crippen LogP contribution >= 0.6 is 0 Å². The first-order valence-electron chi connectivity index (χ1n) is 7.35. The van der Waals surface area contributed by atoms with Crippen LogP contribution in [0.4, 0.5) is 0 Å². The van der Waals surface area contributed by atoms with E-state index in [1.165, 1.54) is 36.8 Å². The highest BCUT2D eigenvalue weighted by Gasteiger charge is 2.27. The Morgan fingerprint density at radius 2 is 2.06 bits per heavy atom. The van der Waals surface area contributed by atoms with Crippen LogP contribution in [0.15, 0.2) is 24.3 Å². The van der Waals surface area contributed by atoms with Crippen LogP contribution in [0.1, 0.15) is 50.7 Å². The van der Waals surface area contributed by atoms with Crippen molar-refractivity contribution in [3.8, 4) is 0 Å². The van der Waals surface area contributed by atoms with Gasteiger partial charge in [0.05, 0.1) is 0 Å². The van der Waals surface area contributed by atoms with Gasteiger partial charge in [-0.1, -0.05) is 44.5 Å². The second-order valence-corrected chi connectivity index (χ2v) is 6.59. The summed E-state index contributed by atoms with van der Waals surface area (Å²) in [4.78, 5) is 0. The Labute approximate surface area is 112 Å². The van der Waals surface area contributed by atoms with Gasteiger partial charge >= 0.3 is 0 Å². The number of nitrogens with one attached hydrogen (secondary N) is 1. The summed E-state index contributed by atoms with van der Waals surface area (Å²) in [5, 5.41) is 3.75. The lowest BCUT2D eigenvalue weighted by Gasteiger charge is -2.35. The summed E-state index contributed by atoms with van der Waals surface area (Å²) in [5.74, 6) is 0. The molecule has 2 rings (SSSR count). The summed E-state index contributed by atoms with van der Waals surface area (Å²) in [5.41, 5.74) is 3.45. The number of hydrogen-bond donors (Lipinski definition) is 1. The molecule has 1 aliphatic carbocycles. The predicted molar refractivity (Wildman–Crippen MR) is 78.9 cm³/mol. The topological polar surface area (TPSA) is 12.0 Å². The zero-order chi connectivity index (χ0) is 13.0. The largest absolute Gasteiger partial charge is 0.314 e. The van der Waals surface area contributed by atoms with Crippen molar-refractivity contribution in [1.82, 2.24) is 5.32 Å². The lowest BCUT2D eigenvalue weighted by molar-refractivity contribution is 0.199. The molecule has 1 aromatic rings. The molecule has 1 atom stereocenters. The summed E-state index contributed by atoms with van der Waals surface area (Å²) in [6.07, 6.45) is 6.62. The van der Waals surface area contributed by atoms with Crippen molar-refractivity contribution >= 4 is 0 Å². The van der Waals surface area contributed by atoms with Crippen LogP contribution in [0.3, 0.4) is 0 Å². The minimum atomic E-state index is 0.540. The van der Waals surface area contributed by atoms with Crippen LogP contribution in [-0.4, -0.2) is 12.6 Å². The number of hydrogen-bond acceptors (Lipinski definition) is 1. The lowest BCUT2D eigenvalue weighted by Crippen LogP contribution is -2.38. The first-order chi connectivity index (χ1) is 8.57. The lowest BCUT2D eigenvalue weighted by atomic mass is 9.75. The van der Waals surface area contributed by atoms with Gasteiger partial charge in [0.1, 0.15) is 0 Å². The van der Waals surface area contributed by atoms with E-state index in [9.17, 15) is 0 Å². The van der Waals surface area contributed by atoms with Gasteiger partial charge < -0.3 is 5.32 Å². The molecule has 1 nitrogen and oxygen atoms in total. The molecule has 1 saturated carbocycles. The number of benzene rings is 1. The first kappa shape index (κ1) is 13.6. The van der Waals surface area contributed by atoms with Gasteiger partial charge in [0.25, 0.3) is 0 Å². The van der Waals surface area contributed by atoms with Crippen molar-refractivity contribution < 1.29 is 0 Å². The van der Waals surface area contributed by atoms with E-state index < -0.39 is 0 Å². The molecule has 0 aromatic heterocycles. The summed E-state index contributed by atoms with van der Waals surface area (Å²) >= 11 is 0. The summed E-state index contributed by atoms with van der Waals surface area (Å²) < 4.78 is 0. The molecule has 0 spiro atoms. The summed E-state index contributed by atoms with van der Waals surface area (Å²) in [6, 6.07) is 9.46. The second-order valence-electron chi connectivity index (χ2n) is 6.59. The van der Waals surface area contributed by atoms with E-state index in [1.54, 1.807) is 0 Å². The van der Waals surface area contributed by atoms with E-state index >= 15 is 0 Å². The maximum Gasteiger partial charge on any atom is 0.00722 e. The molecular weight excluding hydrogens is 218 g/mol. The Kier molecular flexibility index (Phi) is 4.45. The van der Waals surface area contributed by atoms with E-state index in [4.69, 9.17) is 0 Å². The van der Waals surface area contributed by atoms with Crippen molar-refractivity contribution in [2.75, 3.05) is 6.54 Å². The highest BCUT2D eigenvalue weighted by atomic mass is 14.9. The molecule has 1 heteroatoms. The maximum absolute atomic E-state index is 3.75. The van der Waals surface area contributed by atoms with E-state index in [2.05, 4.69) is 50.4 Å². The molecule has 0 aliphatic heterocycles. The molecule has 0 radical (unpaired) electrons. The van der Waals surface area contributed by atoms with Gasteiger partial charge in [0.15, 0.2) is 0 Å². The zero-order valence-electron chi connectivity index (χ0n) is 12.1. The average molecular weight is 245 g/mol. The molecule has 0 heterocycles. The molecular formula is C17H27N. The van der Waals surface area contributed by atoms with Gasteiger partial charge in [0, 0.05) is 6.04 Å². The van der Waals surface area contributed by atoms with Gasteiger partial charge in [-0.05, 0) is 55.7 Å². The highest BCUT2D eigenvalue weighted by Crippen LogP contribution is 2.34. The Bertz CT molecular complexity index is 381. The fourth-order valence-corrected chi connectivity index (χ4v) is 3.17. The normalized spacial score (nSPS) is 22.9. The van der Waals surface area contributed by atoms with Gasteiger partial charge in [0.2, 0.25) is 0 Å². The van der Waals surface area contributed by atoms with Crippen LogP contribution in [0.2, 0.25) is 0 Å². The molecule has 18 heavy (non-hydrogen) atoms. The Hall–Kier alpha value is -0.820. The molecule has 1 fully saturated rings. The Balaban J connectivity index is 1.77. The minimum Gasteiger partial charge on any atom is -0.314 e. The second kappa shape index (κ2) is 5.88. The first-order valence-corrected chi connectivity index (χ1v) is 7.35. The fraction of sp³-hybridized carbons (Fsp3) is 0.647. The number of rotatable bonds is 4. The van der Waals surface area contributed by atoms with Gasteiger partial charge in [-0.15, -0.1) is 0 Å². The molecule has 0 saturated heterocycles. The predicted octanol–water partition coefficient (Wildman–Crippen LogP) is 4.10. The third-order valence-corrected chi connectivity index (χ3v) is 4.29. The molecule has 1 aromatic carbocycles. The standard InChI is InChI=1S/C17H27N/c1-14-7-4-5-8-15(14)10-12-18-16-9-6-11-17(2,3)13-16/h4-5,7-8,16,18H,6,9-13H2,1-3H3. The minimum absolute atomic E-state index is 0.540. The monoisotopic (exact) mass is 245 g/mol. The molecule has 100 valence electrons. The van der Waals surface area contributed by atoms with E-state index in [0.717, 1.165) is 19.0 Å². The molecule has 1 aliphatic rings. The zero-order valence-corrected chi connectivity index (χ0v) is 12.1. The van der Waals surface area contributed by atoms with Crippen LogP contribution in [-0.2, 0) is 6.42 Å². The van der Waals surface area contributed by atoms with E-state index in [-0.39, 0.29) is 0 Å². The van der Waals surface area contributed by atoms with Crippen LogP contribution < -0.4 is 5.32 Å². The SMILES string of the molecule is Cc1ccccc1CCNC1CCCC(C)(C)C1. The molecule has 0 bridgehead atoms. The van der Waals surface area contributed by atoms with Crippen LogP contribution in [0.25, 0.3) is 0 Å². The Morgan fingerprint density at radius 3 is 2.78 bits per heavy atom. The molecule has 1 N–H and O–H groups in total. The van der Waals surface area contributed by atoms with Crippen molar-refractivity contribution in [2.24, 2.45) is 5.41 Å². The van der Waals surface area contributed by atoms with Gasteiger partial charge in [-0.3, -0.25) is 0 Å². The van der Waals surface area contributed by atoms with E-state index in [0.29, 0.717) is 5.41 Å². The van der Waals surface area contributed by atoms with Crippen molar-refractivity contribution in [1.29, 1.82) is 0 Å². The van der Waals surface area contributed by atoms with Crippen molar-refractivity contribution in [2.45, 2.75) is 58.9 Å². The maximum atomic E-state index is 3.75. The van der Waals surface area contributed by atoms with Crippen molar-refractivity contribution in [3.05, 3.63) is 35.4 Å². The number of aryl methyl sites for hydroxylation is 1. The van der Waals surface area contributed by atoms with Crippen LogP contribution in [0.5, 0.6) is 0 Å². The average Bonchev–Trinajstić information content (AvgIpc) is 2.30. The third-order valence-electron chi connectivity index (χ3n) is 4.29. The van der Waals surface area contributed by atoms with Gasteiger partial charge in [-0.25, -0.2) is 0 Å². The molecule has 0 amide bonds. The summed E-state index contributed by atoms with van der Waals surface area (Å²) in [6.45, 7) is 8.13. The van der Waals surface area contributed by atoms with Crippen molar-refractivity contribution in [3.63, 3.8) is 0 Å². The van der Waals surface area contributed by atoms with Crippen LogP contribution in [0, 0.1) is 12.3 Å².